The van der Waals surface area contributed by atoms with E-state index in [4.69, 9.17) is 0 Å². The molecule has 5 nitrogen and oxygen atoms in total. The maximum absolute atomic E-state index is 12.2. The van der Waals surface area contributed by atoms with Gasteiger partial charge in [0.2, 0.25) is 0 Å². The minimum atomic E-state index is -3.24. The number of rotatable bonds is 3. The highest BCUT2D eigenvalue weighted by molar-refractivity contribution is 7.92. The van der Waals surface area contributed by atoms with Gasteiger partial charge in [0.1, 0.15) is 5.25 Å². The molecule has 1 atom stereocenters. The number of hydrogen-bond donors (Lipinski definition) is 0. The van der Waals surface area contributed by atoms with Gasteiger partial charge in [-0.05, 0) is 12.8 Å². The molecule has 0 aliphatic carbocycles. The molecule has 19 heavy (non-hydrogen) atoms. The first kappa shape index (κ1) is 12.8. The van der Waals surface area contributed by atoms with Crippen LogP contribution in [-0.4, -0.2) is 34.6 Å². The Balaban J connectivity index is 1.79. The van der Waals surface area contributed by atoms with Crippen LogP contribution in [0.4, 0.5) is 0 Å². The molecule has 3 heterocycles. The summed E-state index contributed by atoms with van der Waals surface area (Å²) in [6.07, 6.45) is 5.72. The summed E-state index contributed by atoms with van der Waals surface area (Å²) in [5, 5.41) is 1.10. The fourth-order valence-corrected chi connectivity index (χ4v) is 5.09. The molecule has 0 N–H and O–H groups in total. The zero-order valence-corrected chi connectivity index (χ0v) is 11.9. The number of carbonyl (C=O) groups excluding carboxylic acids is 1. The van der Waals surface area contributed by atoms with Gasteiger partial charge in [-0.25, -0.2) is 13.4 Å². The van der Waals surface area contributed by atoms with Crippen LogP contribution in [0.5, 0.6) is 0 Å². The van der Waals surface area contributed by atoms with E-state index in [2.05, 4.69) is 4.98 Å². The molecule has 0 amide bonds. The summed E-state index contributed by atoms with van der Waals surface area (Å²) in [7, 11) is -3.24. The SMILES string of the molecule is O=C(Cc1cn2ccsc2n1)C1CCCCS1(=O)=O. The maximum atomic E-state index is 12.2. The summed E-state index contributed by atoms with van der Waals surface area (Å²) < 4.78 is 25.6. The quantitative estimate of drug-likeness (QED) is 0.860. The third-order valence-electron chi connectivity index (χ3n) is 3.44. The Kier molecular flexibility index (Phi) is 3.18. The first-order chi connectivity index (χ1) is 9.06. The molecular formula is C12H14N2O3S2. The summed E-state index contributed by atoms with van der Waals surface area (Å²) in [5.74, 6) is -0.0766. The standard InChI is InChI=1S/C12H14N2O3S2/c15-10(11-3-1-2-6-19(11,16)17)7-9-8-14-4-5-18-12(14)13-9/h4-5,8,11H,1-3,6-7H2. The van der Waals surface area contributed by atoms with Crippen molar-refractivity contribution in [2.75, 3.05) is 5.75 Å². The Hall–Kier alpha value is -1.21. The van der Waals surface area contributed by atoms with Gasteiger partial charge in [-0.15, -0.1) is 11.3 Å². The highest BCUT2D eigenvalue weighted by atomic mass is 32.2. The Morgan fingerprint density at radius 3 is 3.05 bits per heavy atom. The normalized spacial score (nSPS) is 22.6. The molecule has 1 aliphatic rings. The van der Waals surface area contributed by atoms with E-state index in [-0.39, 0.29) is 18.0 Å². The van der Waals surface area contributed by atoms with Crippen LogP contribution in [0.2, 0.25) is 0 Å². The molecule has 1 unspecified atom stereocenters. The lowest BCUT2D eigenvalue weighted by Gasteiger charge is -2.20. The van der Waals surface area contributed by atoms with E-state index in [1.807, 2.05) is 16.0 Å². The molecular weight excluding hydrogens is 284 g/mol. The van der Waals surface area contributed by atoms with Crippen molar-refractivity contribution in [2.45, 2.75) is 30.9 Å². The van der Waals surface area contributed by atoms with Gasteiger partial charge in [0.05, 0.1) is 17.9 Å². The zero-order valence-electron chi connectivity index (χ0n) is 10.3. The van der Waals surface area contributed by atoms with E-state index in [9.17, 15) is 13.2 Å². The summed E-state index contributed by atoms with van der Waals surface area (Å²) in [6, 6.07) is 0. The molecule has 1 fully saturated rings. The van der Waals surface area contributed by atoms with E-state index in [0.717, 1.165) is 11.4 Å². The molecule has 0 bridgehead atoms. The summed E-state index contributed by atoms with van der Waals surface area (Å²) >= 11 is 1.49. The molecule has 1 saturated heterocycles. The van der Waals surface area contributed by atoms with E-state index in [0.29, 0.717) is 18.5 Å². The van der Waals surface area contributed by atoms with Crippen molar-refractivity contribution in [1.29, 1.82) is 0 Å². The molecule has 102 valence electrons. The number of Topliss-reactive ketones (excluding diaryl/α,β-unsaturated/α-hetero) is 1. The van der Waals surface area contributed by atoms with Crippen molar-refractivity contribution in [1.82, 2.24) is 9.38 Å². The molecule has 7 heteroatoms. The van der Waals surface area contributed by atoms with E-state index in [1.165, 1.54) is 11.3 Å². The number of hydrogen-bond acceptors (Lipinski definition) is 5. The predicted molar refractivity (Wildman–Crippen MR) is 73.2 cm³/mol. The second-order valence-electron chi connectivity index (χ2n) is 4.82. The molecule has 3 rings (SSSR count). The van der Waals surface area contributed by atoms with E-state index >= 15 is 0 Å². The molecule has 0 radical (unpaired) electrons. The molecule has 1 aliphatic heterocycles. The maximum Gasteiger partial charge on any atom is 0.193 e. The van der Waals surface area contributed by atoms with Crippen molar-refractivity contribution in [3.05, 3.63) is 23.5 Å². The number of thiazole rings is 1. The second kappa shape index (κ2) is 4.72. The first-order valence-electron chi connectivity index (χ1n) is 6.21. The molecule has 0 aromatic carbocycles. The van der Waals surface area contributed by atoms with Crippen molar-refractivity contribution < 1.29 is 13.2 Å². The highest BCUT2D eigenvalue weighted by Gasteiger charge is 2.34. The van der Waals surface area contributed by atoms with E-state index < -0.39 is 15.1 Å². The second-order valence-corrected chi connectivity index (χ2v) is 8.00. The zero-order chi connectivity index (χ0) is 13.5. The number of imidazole rings is 1. The van der Waals surface area contributed by atoms with Crippen LogP contribution in [0.25, 0.3) is 4.96 Å². The van der Waals surface area contributed by atoms with Crippen LogP contribution >= 0.6 is 11.3 Å². The third kappa shape index (κ3) is 2.44. The molecule has 2 aromatic rings. The highest BCUT2D eigenvalue weighted by Crippen LogP contribution is 2.22. The van der Waals surface area contributed by atoms with Gasteiger partial charge in [0, 0.05) is 17.8 Å². The van der Waals surface area contributed by atoms with Crippen LogP contribution in [0.15, 0.2) is 17.8 Å². The summed E-state index contributed by atoms with van der Waals surface area (Å²) in [6.45, 7) is 0. The van der Waals surface area contributed by atoms with Crippen LogP contribution in [-0.2, 0) is 21.1 Å². The lowest BCUT2D eigenvalue weighted by molar-refractivity contribution is -0.118. The van der Waals surface area contributed by atoms with Gasteiger partial charge in [-0.3, -0.25) is 9.20 Å². The fourth-order valence-electron chi connectivity index (χ4n) is 2.47. The van der Waals surface area contributed by atoms with Gasteiger partial charge < -0.3 is 0 Å². The largest absolute Gasteiger partial charge is 0.298 e. The van der Waals surface area contributed by atoms with Crippen LogP contribution in [0, 0.1) is 0 Å². The minimum absolute atomic E-state index is 0.109. The Morgan fingerprint density at radius 2 is 2.32 bits per heavy atom. The monoisotopic (exact) mass is 298 g/mol. The fraction of sp³-hybridized carbons (Fsp3) is 0.500. The Morgan fingerprint density at radius 1 is 1.47 bits per heavy atom. The first-order valence-corrected chi connectivity index (χ1v) is 8.81. The predicted octanol–water partition coefficient (Wildman–Crippen LogP) is 1.47. The molecule has 2 aromatic heterocycles. The summed E-state index contributed by atoms with van der Waals surface area (Å²) in [4.78, 5) is 17.3. The van der Waals surface area contributed by atoms with Crippen molar-refractivity contribution in [3.8, 4) is 0 Å². The third-order valence-corrected chi connectivity index (χ3v) is 6.43. The summed E-state index contributed by atoms with van der Waals surface area (Å²) in [5.41, 5.74) is 0.651. The molecule has 0 spiro atoms. The lowest BCUT2D eigenvalue weighted by atomic mass is 10.1. The van der Waals surface area contributed by atoms with Gasteiger partial charge in [0.25, 0.3) is 0 Å². The number of fused-ring (bicyclic) bond motifs is 1. The van der Waals surface area contributed by atoms with Crippen LogP contribution < -0.4 is 0 Å². The van der Waals surface area contributed by atoms with Crippen LogP contribution in [0.3, 0.4) is 0 Å². The number of ketones is 1. The number of carbonyl (C=O) groups is 1. The van der Waals surface area contributed by atoms with Crippen molar-refractivity contribution in [3.63, 3.8) is 0 Å². The van der Waals surface area contributed by atoms with Gasteiger partial charge >= 0.3 is 0 Å². The smallest absolute Gasteiger partial charge is 0.193 e. The molecule has 0 saturated carbocycles. The Bertz CT molecular complexity index is 686. The average molecular weight is 298 g/mol. The van der Waals surface area contributed by atoms with Gasteiger partial charge in [-0.2, -0.15) is 0 Å². The van der Waals surface area contributed by atoms with Gasteiger partial charge in [0.15, 0.2) is 20.6 Å². The van der Waals surface area contributed by atoms with Gasteiger partial charge in [-0.1, -0.05) is 6.42 Å². The lowest BCUT2D eigenvalue weighted by Crippen LogP contribution is -2.36. The number of aromatic nitrogens is 2. The van der Waals surface area contributed by atoms with Crippen molar-refractivity contribution in [2.24, 2.45) is 0 Å². The number of sulfone groups is 1. The minimum Gasteiger partial charge on any atom is -0.298 e. The van der Waals surface area contributed by atoms with E-state index in [1.54, 1.807) is 6.20 Å². The van der Waals surface area contributed by atoms with Crippen LogP contribution in [0.1, 0.15) is 25.0 Å². The number of nitrogens with zero attached hydrogens (tertiary/aromatic N) is 2. The van der Waals surface area contributed by atoms with Crippen molar-refractivity contribution >= 4 is 31.9 Å². The average Bonchev–Trinajstić information content (AvgIpc) is 2.88. The Labute approximate surface area is 115 Å². The topological polar surface area (TPSA) is 68.5 Å².